The fraction of sp³-hybridized carbons (Fsp3) is 0.0455. The first-order valence-electron chi connectivity index (χ1n) is 16.2. The fourth-order valence-corrected chi connectivity index (χ4v) is 7.24. The number of para-hydroxylation sites is 1. The number of benzene rings is 7. The van der Waals surface area contributed by atoms with Crippen LogP contribution >= 0.6 is 0 Å². The zero-order valence-corrected chi connectivity index (χ0v) is 25.8. The molecule has 0 spiro atoms. The van der Waals surface area contributed by atoms with E-state index < -0.39 is 0 Å². The second-order valence-corrected chi connectivity index (χ2v) is 12.3. The lowest BCUT2D eigenvalue weighted by atomic mass is 9.90. The van der Waals surface area contributed by atoms with Gasteiger partial charge in [0.2, 0.25) is 0 Å². The molecule has 7 aromatic carbocycles. The highest BCUT2D eigenvalue weighted by molar-refractivity contribution is 6.50. The molecule has 1 N–H and O–H groups in total. The minimum atomic E-state index is 0.447. The van der Waals surface area contributed by atoms with Gasteiger partial charge in [0.15, 0.2) is 5.84 Å². The summed E-state index contributed by atoms with van der Waals surface area (Å²) in [6.45, 7) is 0. The molecule has 0 bridgehead atoms. The van der Waals surface area contributed by atoms with E-state index in [0.29, 0.717) is 11.5 Å². The Kier molecular flexibility index (Phi) is 6.43. The topological polar surface area (TPSA) is 41.1 Å². The average molecular weight is 602 g/mol. The van der Waals surface area contributed by atoms with Crippen molar-refractivity contribution in [2.24, 2.45) is 4.99 Å². The molecule has 0 amide bonds. The lowest BCUT2D eigenvalue weighted by Crippen LogP contribution is -2.24. The molecule has 222 valence electrons. The molecule has 0 fully saturated rings. The van der Waals surface area contributed by atoms with Crippen LogP contribution in [0.5, 0.6) is 0 Å². The molecule has 3 nitrogen and oxygen atoms in total. The van der Waals surface area contributed by atoms with E-state index in [0.717, 1.165) is 35.1 Å². The van der Waals surface area contributed by atoms with Gasteiger partial charge in [0.05, 0.1) is 16.7 Å². The largest absolute Gasteiger partial charge is 0.297 e. The van der Waals surface area contributed by atoms with Crippen LogP contribution in [0.1, 0.15) is 18.4 Å². The molecule has 3 heteroatoms. The average Bonchev–Trinajstić information content (AvgIpc) is 3.49. The van der Waals surface area contributed by atoms with Gasteiger partial charge in [-0.25, -0.2) is 4.99 Å². The summed E-state index contributed by atoms with van der Waals surface area (Å²) in [6, 6.07) is 51.2. The number of allylic oxidation sites excluding steroid dienone is 4. The summed E-state index contributed by atoms with van der Waals surface area (Å²) in [5.74, 6) is 0.635. The molecular formula is C44H31N3. The third-order valence-electron chi connectivity index (χ3n) is 9.56. The number of rotatable bonds is 4. The van der Waals surface area contributed by atoms with Gasteiger partial charge < -0.3 is 0 Å². The lowest BCUT2D eigenvalue weighted by molar-refractivity contribution is 1.02. The quantitative estimate of drug-likeness (QED) is 0.154. The summed E-state index contributed by atoms with van der Waals surface area (Å²) in [6.07, 6.45) is 5.97. The molecule has 0 atom stereocenters. The van der Waals surface area contributed by atoms with Gasteiger partial charge in [-0.2, -0.15) is 0 Å². The number of fused-ring (bicyclic) bond motifs is 8. The van der Waals surface area contributed by atoms with Crippen LogP contribution < -0.4 is 0 Å². The Labute approximate surface area is 272 Å². The molecule has 0 saturated carbocycles. The minimum absolute atomic E-state index is 0.447. The minimum Gasteiger partial charge on any atom is -0.297 e. The highest BCUT2D eigenvalue weighted by atomic mass is 15.1. The Morgan fingerprint density at radius 1 is 0.532 bits per heavy atom. The second-order valence-electron chi connectivity index (χ2n) is 12.3. The van der Waals surface area contributed by atoms with Gasteiger partial charge in [0.1, 0.15) is 5.71 Å². The van der Waals surface area contributed by atoms with Gasteiger partial charge >= 0.3 is 0 Å². The second kappa shape index (κ2) is 11.1. The number of aliphatic imine (C=N–C) groups is 1. The van der Waals surface area contributed by atoms with Crippen molar-refractivity contribution in [3.63, 3.8) is 0 Å². The fourth-order valence-electron chi connectivity index (χ4n) is 7.24. The van der Waals surface area contributed by atoms with Crippen LogP contribution in [0.4, 0.5) is 5.69 Å². The molecule has 0 unspecified atom stereocenters. The van der Waals surface area contributed by atoms with Crippen molar-refractivity contribution < 1.29 is 0 Å². The number of nitrogens with zero attached hydrogens (tertiary/aromatic N) is 2. The maximum absolute atomic E-state index is 9.77. The first-order valence-corrected chi connectivity index (χ1v) is 16.2. The summed E-state index contributed by atoms with van der Waals surface area (Å²) in [5, 5.41) is 19.5. The van der Waals surface area contributed by atoms with Crippen LogP contribution in [0.2, 0.25) is 0 Å². The third-order valence-corrected chi connectivity index (χ3v) is 9.56. The molecule has 47 heavy (non-hydrogen) atoms. The van der Waals surface area contributed by atoms with E-state index in [1.165, 1.54) is 54.2 Å². The van der Waals surface area contributed by atoms with E-state index in [9.17, 15) is 5.41 Å². The smallest absolute Gasteiger partial charge is 0.163 e. The number of aromatic nitrogens is 1. The maximum Gasteiger partial charge on any atom is 0.163 e. The van der Waals surface area contributed by atoms with Crippen molar-refractivity contribution in [3.05, 3.63) is 169 Å². The molecular weight excluding hydrogens is 571 g/mol. The highest BCUT2D eigenvalue weighted by Gasteiger charge is 2.24. The summed E-state index contributed by atoms with van der Waals surface area (Å²) >= 11 is 0. The summed E-state index contributed by atoms with van der Waals surface area (Å²) in [4.78, 5) is 5.24. The Morgan fingerprint density at radius 3 is 1.74 bits per heavy atom. The summed E-state index contributed by atoms with van der Waals surface area (Å²) in [5.41, 5.74) is 6.90. The Bertz CT molecular complexity index is 2540. The highest BCUT2D eigenvalue weighted by Crippen LogP contribution is 2.40. The predicted molar refractivity (Wildman–Crippen MR) is 200 cm³/mol. The Morgan fingerprint density at radius 2 is 1.11 bits per heavy atom. The van der Waals surface area contributed by atoms with Crippen LogP contribution in [-0.2, 0) is 0 Å². The van der Waals surface area contributed by atoms with Crippen LogP contribution in [0.3, 0.4) is 0 Å². The third kappa shape index (κ3) is 4.59. The van der Waals surface area contributed by atoms with Gasteiger partial charge in [0.25, 0.3) is 0 Å². The number of nitrogens with one attached hydrogen (secondary N) is 1. The molecule has 0 radical (unpaired) electrons. The predicted octanol–water partition coefficient (Wildman–Crippen LogP) is 11.7. The van der Waals surface area contributed by atoms with Crippen LogP contribution in [0.25, 0.3) is 59.7 Å². The Balaban J connectivity index is 1.26. The van der Waals surface area contributed by atoms with Gasteiger partial charge in [-0.05, 0) is 92.2 Å². The van der Waals surface area contributed by atoms with Crippen molar-refractivity contribution in [1.29, 1.82) is 5.41 Å². The van der Waals surface area contributed by atoms with Crippen molar-refractivity contribution >= 4 is 76.9 Å². The van der Waals surface area contributed by atoms with E-state index in [1.807, 2.05) is 30.3 Å². The van der Waals surface area contributed by atoms with Crippen molar-refractivity contribution in [3.8, 4) is 0 Å². The van der Waals surface area contributed by atoms with Crippen molar-refractivity contribution in [1.82, 2.24) is 4.57 Å². The molecule has 8 aromatic rings. The van der Waals surface area contributed by atoms with E-state index in [2.05, 4.69) is 132 Å². The van der Waals surface area contributed by atoms with E-state index in [1.54, 1.807) is 0 Å². The first kappa shape index (κ1) is 27.3. The zero-order chi connectivity index (χ0) is 31.3. The van der Waals surface area contributed by atoms with E-state index in [4.69, 9.17) is 4.99 Å². The van der Waals surface area contributed by atoms with Crippen LogP contribution in [0.15, 0.2) is 168 Å². The van der Waals surface area contributed by atoms with Gasteiger partial charge in [-0.3, -0.25) is 9.98 Å². The molecule has 1 aliphatic rings. The molecule has 1 aliphatic carbocycles. The number of hydrogen-bond acceptors (Lipinski definition) is 2. The molecule has 0 aliphatic heterocycles. The van der Waals surface area contributed by atoms with Gasteiger partial charge in [-0.1, -0.05) is 127 Å². The molecule has 1 heterocycles. The maximum atomic E-state index is 9.77. The normalized spacial score (nSPS) is 13.8. The monoisotopic (exact) mass is 601 g/mol. The van der Waals surface area contributed by atoms with Crippen LogP contribution in [0, 0.1) is 5.41 Å². The van der Waals surface area contributed by atoms with Crippen molar-refractivity contribution in [2.45, 2.75) is 12.8 Å². The SMILES string of the molecule is N=C(C1=CC=C(c2ccc3ccccc3c2)CC1)/C(=N\c1ccccc1)n1c2ccc3ccccc3c2c2c3ccccc3ccc21. The van der Waals surface area contributed by atoms with E-state index in [-0.39, 0.29) is 0 Å². The van der Waals surface area contributed by atoms with Crippen LogP contribution in [-0.4, -0.2) is 16.1 Å². The number of hydrogen-bond donors (Lipinski definition) is 1. The molecule has 9 rings (SSSR count). The first-order chi connectivity index (χ1) is 23.2. The summed E-state index contributed by atoms with van der Waals surface area (Å²) in [7, 11) is 0. The van der Waals surface area contributed by atoms with Gasteiger partial charge in [-0.15, -0.1) is 0 Å². The lowest BCUT2D eigenvalue weighted by Gasteiger charge is -2.19. The van der Waals surface area contributed by atoms with Gasteiger partial charge in [0, 0.05) is 10.8 Å². The molecule has 0 saturated heterocycles. The Hall–Kier alpha value is -6.06. The zero-order valence-electron chi connectivity index (χ0n) is 25.8. The van der Waals surface area contributed by atoms with Crippen molar-refractivity contribution in [2.75, 3.05) is 0 Å². The molecule has 1 aromatic heterocycles. The van der Waals surface area contributed by atoms with E-state index >= 15 is 0 Å². The summed E-state index contributed by atoms with van der Waals surface area (Å²) < 4.78 is 2.22. The standard InChI is InChI=1S/C44H31N3/c45-43(33-21-18-30(19-22-33)35-23-20-29-10-4-5-13-34(29)28-35)44(46-36-14-2-1-3-15-36)47-39-26-24-31-11-6-8-16-37(31)41(39)42-38-17-9-7-12-32(38)25-27-40(42)47/h1-18,20-21,23-28,45H,19,22H2/b45-43?,46-44+.